The lowest BCUT2D eigenvalue weighted by Crippen LogP contribution is -2.30. The fourth-order valence-electron chi connectivity index (χ4n) is 7.74. The molecular formula is C61H106O5. The lowest BCUT2D eigenvalue weighted by Gasteiger charge is -2.18. The van der Waals surface area contributed by atoms with Gasteiger partial charge >= 0.3 is 11.9 Å². The van der Waals surface area contributed by atoms with Gasteiger partial charge < -0.3 is 14.2 Å². The van der Waals surface area contributed by atoms with Gasteiger partial charge in [-0.15, -0.1) is 0 Å². The Morgan fingerprint density at radius 2 is 0.682 bits per heavy atom. The molecule has 1 unspecified atom stereocenters. The van der Waals surface area contributed by atoms with Crippen molar-refractivity contribution in [1.29, 1.82) is 0 Å². The minimum Gasteiger partial charge on any atom is -0.462 e. The highest BCUT2D eigenvalue weighted by Gasteiger charge is 2.17. The minimum absolute atomic E-state index is 0.0696. The van der Waals surface area contributed by atoms with Gasteiger partial charge in [0, 0.05) is 19.4 Å². The van der Waals surface area contributed by atoms with Crippen molar-refractivity contribution in [1.82, 2.24) is 0 Å². The van der Waals surface area contributed by atoms with Gasteiger partial charge in [-0.3, -0.25) is 9.59 Å². The fourth-order valence-corrected chi connectivity index (χ4v) is 7.74. The second-order valence-electron chi connectivity index (χ2n) is 18.5. The van der Waals surface area contributed by atoms with Crippen LogP contribution in [0.5, 0.6) is 0 Å². The first-order chi connectivity index (χ1) is 32.6. The highest BCUT2D eigenvalue weighted by atomic mass is 16.6. The van der Waals surface area contributed by atoms with Crippen molar-refractivity contribution >= 4 is 11.9 Å². The van der Waals surface area contributed by atoms with Crippen molar-refractivity contribution in [2.24, 2.45) is 0 Å². The number of unbranched alkanes of at least 4 members (excludes halogenated alkanes) is 26. The summed E-state index contributed by atoms with van der Waals surface area (Å²) in [5.74, 6) is -0.415. The Bertz CT molecular complexity index is 1220. The second-order valence-corrected chi connectivity index (χ2v) is 18.5. The van der Waals surface area contributed by atoms with Crippen LogP contribution in [0.1, 0.15) is 265 Å². The van der Waals surface area contributed by atoms with E-state index < -0.39 is 6.10 Å². The summed E-state index contributed by atoms with van der Waals surface area (Å²) in [6.45, 7) is 7.65. The Morgan fingerprint density at radius 3 is 1.12 bits per heavy atom. The number of esters is 2. The van der Waals surface area contributed by atoms with Crippen LogP contribution in [-0.2, 0) is 23.8 Å². The van der Waals surface area contributed by atoms with E-state index in [1.54, 1.807) is 0 Å². The maximum atomic E-state index is 12.8. The van der Waals surface area contributed by atoms with E-state index in [1.165, 1.54) is 141 Å². The summed E-state index contributed by atoms with van der Waals surface area (Å²) in [6.07, 6.45) is 74.5. The van der Waals surface area contributed by atoms with Crippen molar-refractivity contribution in [2.75, 3.05) is 19.8 Å². The number of carbonyl (C=O) groups excluding carboxylic acids is 2. The Balaban J connectivity index is 4.32. The number of hydrogen-bond donors (Lipinski definition) is 0. The van der Waals surface area contributed by atoms with Crippen LogP contribution in [0.25, 0.3) is 0 Å². The third-order valence-corrected chi connectivity index (χ3v) is 11.9. The Labute approximate surface area is 409 Å². The van der Waals surface area contributed by atoms with E-state index in [0.29, 0.717) is 19.4 Å². The first-order valence-electron chi connectivity index (χ1n) is 28.1. The lowest BCUT2D eigenvalue weighted by molar-refractivity contribution is -0.163. The van der Waals surface area contributed by atoms with Crippen molar-refractivity contribution < 1.29 is 23.8 Å². The normalized spacial score (nSPS) is 12.8. The maximum Gasteiger partial charge on any atom is 0.306 e. The van der Waals surface area contributed by atoms with Gasteiger partial charge in [-0.1, -0.05) is 241 Å². The Kier molecular flexibility index (Phi) is 53.9. The van der Waals surface area contributed by atoms with Crippen LogP contribution < -0.4 is 0 Å². The standard InChI is InChI=1S/C61H106O5/c1-4-7-10-13-16-19-22-25-27-29-30-31-33-35-38-41-44-47-50-53-56-64-57-59(66-61(63)55-52-49-46-43-40-36-24-21-18-15-12-9-6-3)58-65-60(62)54-51-48-45-42-39-37-34-32-28-26-23-20-17-14-11-8-5-2/h7,10,16-17,19-20,25-28,30-31,35,38,59H,4-6,8-9,11-15,18,21-24,29,32-34,36-37,39-58H2,1-3H3/b10-7-,19-16-,20-17-,27-25-,28-26-,31-30-,38-35-. The van der Waals surface area contributed by atoms with Gasteiger partial charge in [0.25, 0.3) is 0 Å². The van der Waals surface area contributed by atoms with E-state index in [9.17, 15) is 9.59 Å². The number of allylic oxidation sites excluding steroid dienone is 14. The maximum absolute atomic E-state index is 12.8. The SMILES string of the molecule is CC/C=C\C/C=C\C/C=C\C/C=C\C/C=C\CCCCCCOCC(COC(=O)CCCCCCCCC/C=C\C/C=C\CCCCC)OC(=O)CCCCCCCCCCCCCCC. The molecule has 0 aromatic heterocycles. The monoisotopic (exact) mass is 919 g/mol. The molecule has 0 fully saturated rings. The molecule has 0 N–H and O–H groups in total. The zero-order valence-corrected chi connectivity index (χ0v) is 43.7. The highest BCUT2D eigenvalue weighted by Crippen LogP contribution is 2.15. The summed E-state index contributed by atoms with van der Waals surface area (Å²) < 4.78 is 17.4. The van der Waals surface area contributed by atoms with Gasteiger partial charge in [0.2, 0.25) is 0 Å². The van der Waals surface area contributed by atoms with Crippen LogP contribution in [0.2, 0.25) is 0 Å². The molecule has 5 nitrogen and oxygen atoms in total. The molecule has 66 heavy (non-hydrogen) atoms. The van der Waals surface area contributed by atoms with Gasteiger partial charge in [0.15, 0.2) is 6.10 Å². The Morgan fingerprint density at radius 1 is 0.348 bits per heavy atom. The summed E-state index contributed by atoms with van der Waals surface area (Å²) >= 11 is 0. The predicted molar refractivity (Wildman–Crippen MR) is 288 cm³/mol. The summed E-state index contributed by atoms with van der Waals surface area (Å²) in [5.41, 5.74) is 0. The van der Waals surface area contributed by atoms with Gasteiger partial charge in [-0.2, -0.15) is 0 Å². The molecule has 0 amide bonds. The molecule has 0 aromatic carbocycles. The largest absolute Gasteiger partial charge is 0.462 e. The van der Waals surface area contributed by atoms with Crippen molar-refractivity contribution in [3.05, 3.63) is 85.1 Å². The van der Waals surface area contributed by atoms with E-state index >= 15 is 0 Å². The topological polar surface area (TPSA) is 61.8 Å². The molecule has 0 radical (unpaired) electrons. The summed E-state index contributed by atoms with van der Waals surface area (Å²) in [5, 5.41) is 0. The fraction of sp³-hybridized carbons (Fsp3) is 0.738. The molecule has 380 valence electrons. The number of carbonyl (C=O) groups is 2. The summed E-state index contributed by atoms with van der Waals surface area (Å²) in [4.78, 5) is 25.5. The third-order valence-electron chi connectivity index (χ3n) is 11.9. The predicted octanol–water partition coefficient (Wildman–Crippen LogP) is 19.2. The first-order valence-corrected chi connectivity index (χ1v) is 28.1. The third kappa shape index (κ3) is 53.7. The second kappa shape index (κ2) is 56.4. The highest BCUT2D eigenvalue weighted by molar-refractivity contribution is 5.70. The molecule has 0 spiro atoms. The van der Waals surface area contributed by atoms with Crippen LogP contribution in [0.3, 0.4) is 0 Å². The number of ether oxygens (including phenoxy) is 3. The molecule has 0 saturated carbocycles. The Hall–Kier alpha value is -2.92. The molecule has 1 atom stereocenters. The molecular weight excluding hydrogens is 813 g/mol. The van der Waals surface area contributed by atoms with Gasteiger partial charge in [0.05, 0.1) is 6.61 Å². The van der Waals surface area contributed by atoms with Crippen molar-refractivity contribution in [3.8, 4) is 0 Å². The number of rotatable bonds is 51. The average Bonchev–Trinajstić information content (AvgIpc) is 3.32. The number of hydrogen-bond acceptors (Lipinski definition) is 5. The molecule has 0 heterocycles. The van der Waals surface area contributed by atoms with E-state index in [4.69, 9.17) is 14.2 Å². The molecule has 0 aliphatic rings. The van der Waals surface area contributed by atoms with E-state index in [1.807, 2.05) is 0 Å². The van der Waals surface area contributed by atoms with Crippen molar-refractivity contribution in [2.45, 2.75) is 271 Å². The molecule has 0 rings (SSSR count). The first kappa shape index (κ1) is 63.1. The molecule has 0 bridgehead atoms. The summed E-state index contributed by atoms with van der Waals surface area (Å²) in [7, 11) is 0. The molecule has 0 aliphatic carbocycles. The van der Waals surface area contributed by atoms with Crippen molar-refractivity contribution in [3.63, 3.8) is 0 Å². The van der Waals surface area contributed by atoms with E-state index in [0.717, 1.165) is 89.9 Å². The lowest BCUT2D eigenvalue weighted by atomic mass is 10.0. The molecule has 5 heteroatoms. The quantitative estimate of drug-likeness (QED) is 0.0346. The van der Waals surface area contributed by atoms with E-state index in [-0.39, 0.29) is 25.2 Å². The summed E-state index contributed by atoms with van der Waals surface area (Å²) in [6, 6.07) is 0. The van der Waals surface area contributed by atoms with Gasteiger partial charge in [-0.25, -0.2) is 0 Å². The zero-order chi connectivity index (χ0) is 47.7. The van der Waals surface area contributed by atoms with Gasteiger partial charge in [0.1, 0.15) is 6.61 Å². The minimum atomic E-state index is -0.555. The molecule has 0 saturated heterocycles. The van der Waals surface area contributed by atoms with Crippen LogP contribution in [-0.4, -0.2) is 37.9 Å². The van der Waals surface area contributed by atoms with Crippen LogP contribution >= 0.6 is 0 Å². The smallest absolute Gasteiger partial charge is 0.306 e. The van der Waals surface area contributed by atoms with E-state index in [2.05, 4.69) is 106 Å². The molecule has 0 aromatic rings. The molecule has 0 aliphatic heterocycles. The average molecular weight is 920 g/mol. The van der Waals surface area contributed by atoms with Crippen LogP contribution in [0, 0.1) is 0 Å². The van der Waals surface area contributed by atoms with Crippen LogP contribution in [0.15, 0.2) is 85.1 Å². The zero-order valence-electron chi connectivity index (χ0n) is 43.7. The van der Waals surface area contributed by atoms with Gasteiger partial charge in [-0.05, 0) is 96.3 Å². The van der Waals surface area contributed by atoms with Crippen LogP contribution in [0.4, 0.5) is 0 Å².